The minimum absolute atomic E-state index is 0.521. The zero-order valence-corrected chi connectivity index (χ0v) is 14.4. The predicted octanol–water partition coefficient (Wildman–Crippen LogP) is 7.01. The molecule has 0 amide bonds. The van der Waals surface area contributed by atoms with Crippen LogP contribution in [0.15, 0.2) is 23.6 Å². The van der Waals surface area contributed by atoms with Gasteiger partial charge in [0.05, 0.1) is 0 Å². The van der Waals surface area contributed by atoms with E-state index in [1.54, 1.807) is 0 Å². The summed E-state index contributed by atoms with van der Waals surface area (Å²) >= 11 is 0. The van der Waals surface area contributed by atoms with Crippen molar-refractivity contribution in [3.05, 3.63) is 23.6 Å². The maximum atomic E-state index is 13.1. The molecule has 0 heterocycles. The molecule has 0 aromatic rings. The molecule has 3 rings (SSSR count). The summed E-state index contributed by atoms with van der Waals surface area (Å²) in [5.74, 6) is 0.599. The average molecular weight is 328 g/mol. The lowest BCUT2D eigenvalue weighted by Crippen LogP contribution is -2.20. The molecule has 0 nitrogen and oxygen atoms in total. The van der Waals surface area contributed by atoms with Gasteiger partial charge in [-0.3, -0.25) is 0 Å². The van der Waals surface area contributed by atoms with Crippen LogP contribution in [-0.4, -0.2) is 12.3 Å². The predicted molar refractivity (Wildman–Crippen MR) is 90.5 cm³/mol. The van der Waals surface area contributed by atoms with Crippen LogP contribution < -0.4 is 0 Å². The Hall–Kier alpha value is -0.730. The highest BCUT2D eigenvalue weighted by atomic mass is 19.2. The molecule has 3 heteroatoms. The Kier molecular flexibility index (Phi) is 7.72. The van der Waals surface area contributed by atoms with Crippen LogP contribution >= 0.6 is 0 Å². The van der Waals surface area contributed by atoms with Crippen molar-refractivity contribution < 1.29 is 13.2 Å². The summed E-state index contributed by atoms with van der Waals surface area (Å²) in [6.45, 7) is 2.36. The second-order valence-corrected chi connectivity index (χ2v) is 7.57. The van der Waals surface area contributed by atoms with Gasteiger partial charge in [0.1, 0.15) is 5.83 Å². The SMILES string of the molecule is CC1CCCCC1.FC1=CC(CC2CCCCC2)=CC(F)C1F. The van der Waals surface area contributed by atoms with Crippen LogP contribution in [0.25, 0.3) is 0 Å². The van der Waals surface area contributed by atoms with Gasteiger partial charge in [0.15, 0.2) is 12.3 Å². The number of halogens is 3. The number of hydrogen-bond donors (Lipinski definition) is 0. The van der Waals surface area contributed by atoms with Crippen molar-refractivity contribution in [1.82, 2.24) is 0 Å². The van der Waals surface area contributed by atoms with Gasteiger partial charge in [0.2, 0.25) is 0 Å². The molecule has 3 aliphatic rings. The van der Waals surface area contributed by atoms with Crippen LogP contribution in [-0.2, 0) is 0 Å². The Morgan fingerprint density at radius 1 is 0.913 bits per heavy atom. The van der Waals surface area contributed by atoms with Crippen LogP contribution in [0.3, 0.4) is 0 Å². The minimum Gasteiger partial charge on any atom is -0.239 e. The van der Waals surface area contributed by atoms with E-state index in [0.717, 1.165) is 18.8 Å². The van der Waals surface area contributed by atoms with Crippen molar-refractivity contribution in [2.24, 2.45) is 11.8 Å². The number of rotatable bonds is 2. The number of hydrogen-bond acceptors (Lipinski definition) is 0. The third kappa shape index (κ3) is 6.35. The molecule has 0 spiro atoms. The Morgan fingerprint density at radius 2 is 1.48 bits per heavy atom. The van der Waals surface area contributed by atoms with Gasteiger partial charge in [-0.25, -0.2) is 13.2 Å². The first-order valence-corrected chi connectivity index (χ1v) is 9.42. The zero-order valence-electron chi connectivity index (χ0n) is 14.4. The van der Waals surface area contributed by atoms with Crippen LogP contribution in [0.5, 0.6) is 0 Å². The van der Waals surface area contributed by atoms with Gasteiger partial charge in [-0.1, -0.05) is 71.1 Å². The second-order valence-electron chi connectivity index (χ2n) is 7.57. The van der Waals surface area contributed by atoms with Crippen molar-refractivity contribution in [3.8, 4) is 0 Å². The van der Waals surface area contributed by atoms with Gasteiger partial charge in [0, 0.05) is 0 Å². The lowest BCUT2D eigenvalue weighted by molar-refractivity contribution is 0.204. The molecule has 2 saturated carbocycles. The van der Waals surface area contributed by atoms with Crippen LogP contribution in [0.4, 0.5) is 13.2 Å². The van der Waals surface area contributed by atoms with Crippen molar-refractivity contribution >= 4 is 0 Å². The third-order valence-corrected chi connectivity index (χ3v) is 5.38. The summed E-state index contributed by atoms with van der Waals surface area (Å²) in [7, 11) is 0. The highest BCUT2D eigenvalue weighted by molar-refractivity contribution is 5.30. The first-order valence-electron chi connectivity index (χ1n) is 9.42. The van der Waals surface area contributed by atoms with Crippen LogP contribution in [0.1, 0.15) is 77.6 Å². The average Bonchev–Trinajstić information content (AvgIpc) is 2.55. The maximum absolute atomic E-state index is 13.1. The Balaban J connectivity index is 0.000000229. The molecule has 0 radical (unpaired) electrons. The lowest BCUT2D eigenvalue weighted by atomic mass is 9.83. The molecule has 132 valence electrons. The Labute approximate surface area is 139 Å². The molecule has 2 unspecified atom stereocenters. The van der Waals surface area contributed by atoms with Crippen molar-refractivity contribution in [2.75, 3.05) is 0 Å². The van der Waals surface area contributed by atoms with Gasteiger partial charge in [-0.2, -0.15) is 0 Å². The molecule has 0 aliphatic heterocycles. The van der Waals surface area contributed by atoms with Crippen molar-refractivity contribution in [2.45, 2.75) is 89.9 Å². The van der Waals surface area contributed by atoms with Gasteiger partial charge in [0.25, 0.3) is 0 Å². The van der Waals surface area contributed by atoms with E-state index >= 15 is 0 Å². The van der Waals surface area contributed by atoms with E-state index in [-0.39, 0.29) is 0 Å². The van der Waals surface area contributed by atoms with E-state index in [0.29, 0.717) is 17.9 Å². The van der Waals surface area contributed by atoms with E-state index < -0.39 is 18.2 Å². The van der Waals surface area contributed by atoms with Crippen molar-refractivity contribution in [1.29, 1.82) is 0 Å². The van der Waals surface area contributed by atoms with Crippen molar-refractivity contribution in [3.63, 3.8) is 0 Å². The second kappa shape index (κ2) is 9.54. The molecule has 0 N–H and O–H groups in total. The number of allylic oxidation sites excluding steroid dienone is 4. The minimum atomic E-state index is -2.09. The fourth-order valence-electron chi connectivity index (χ4n) is 3.90. The normalized spacial score (nSPS) is 30.1. The fourth-order valence-corrected chi connectivity index (χ4v) is 3.90. The summed E-state index contributed by atoms with van der Waals surface area (Å²) in [6.07, 6.45) is 12.6. The monoisotopic (exact) mass is 328 g/mol. The van der Waals surface area contributed by atoms with E-state index in [4.69, 9.17) is 0 Å². The smallest absolute Gasteiger partial charge is 0.186 e. The molecule has 23 heavy (non-hydrogen) atoms. The molecule has 2 fully saturated rings. The van der Waals surface area contributed by atoms with Gasteiger partial charge >= 0.3 is 0 Å². The lowest BCUT2D eigenvalue weighted by Gasteiger charge is -2.24. The van der Waals surface area contributed by atoms with Gasteiger partial charge in [-0.15, -0.1) is 0 Å². The first-order chi connectivity index (χ1) is 11.1. The van der Waals surface area contributed by atoms with Gasteiger partial charge in [-0.05, 0) is 36.0 Å². The van der Waals surface area contributed by atoms with Crippen LogP contribution in [0, 0.1) is 11.8 Å². The molecule has 2 atom stereocenters. The summed E-state index contributed by atoms with van der Waals surface area (Å²) in [5, 5.41) is 0. The van der Waals surface area contributed by atoms with E-state index in [2.05, 4.69) is 6.92 Å². The molecular formula is C20H31F3. The highest BCUT2D eigenvalue weighted by Gasteiger charge is 2.28. The summed E-state index contributed by atoms with van der Waals surface area (Å²) < 4.78 is 39.0. The maximum Gasteiger partial charge on any atom is 0.186 e. The standard InChI is InChI=1S/C13H17F3.C7H14/c14-11-7-10(8-12(15)13(11)16)6-9-4-2-1-3-5-9;1-7-5-3-2-4-6-7/h7-9,11,13H,1-6H2;7H,2-6H2,1H3. The molecule has 0 aromatic heterocycles. The molecule has 0 bridgehead atoms. The van der Waals surface area contributed by atoms with Gasteiger partial charge < -0.3 is 0 Å². The molecule has 0 aromatic carbocycles. The number of alkyl halides is 2. The Morgan fingerprint density at radius 3 is 1.96 bits per heavy atom. The largest absolute Gasteiger partial charge is 0.239 e. The van der Waals surface area contributed by atoms with E-state index in [9.17, 15) is 13.2 Å². The van der Waals surface area contributed by atoms with E-state index in [1.165, 1.54) is 63.5 Å². The summed E-state index contributed by atoms with van der Waals surface area (Å²) in [6, 6.07) is 0. The first kappa shape index (κ1) is 18.6. The molecule has 0 saturated heterocycles. The van der Waals surface area contributed by atoms with Crippen LogP contribution in [0.2, 0.25) is 0 Å². The third-order valence-electron chi connectivity index (χ3n) is 5.38. The molecular weight excluding hydrogens is 297 g/mol. The highest BCUT2D eigenvalue weighted by Crippen LogP contribution is 2.33. The quantitative estimate of drug-likeness (QED) is 0.511. The topological polar surface area (TPSA) is 0 Å². The molecule has 3 aliphatic carbocycles. The zero-order chi connectivity index (χ0) is 16.7. The fraction of sp³-hybridized carbons (Fsp3) is 0.800. The summed E-state index contributed by atoms with van der Waals surface area (Å²) in [4.78, 5) is 0. The summed E-state index contributed by atoms with van der Waals surface area (Å²) in [5.41, 5.74) is 0.630. The Bertz CT molecular complexity index is 401. The van der Waals surface area contributed by atoms with E-state index in [1.807, 2.05) is 0 Å².